The highest BCUT2D eigenvalue weighted by Gasteiger charge is 2.38. The summed E-state index contributed by atoms with van der Waals surface area (Å²) in [5.74, 6) is 0.0858. The third-order valence-electron chi connectivity index (χ3n) is 5.64. The van der Waals surface area contributed by atoms with Gasteiger partial charge < -0.3 is 9.84 Å². The van der Waals surface area contributed by atoms with Crippen LogP contribution >= 0.6 is 0 Å². The van der Waals surface area contributed by atoms with Crippen molar-refractivity contribution in [3.05, 3.63) is 71.3 Å². The molecule has 0 saturated carbocycles. The first-order chi connectivity index (χ1) is 13.0. The molecule has 0 aliphatic heterocycles. The van der Waals surface area contributed by atoms with Crippen molar-refractivity contribution in [1.82, 2.24) is 0 Å². The third-order valence-corrected chi connectivity index (χ3v) is 5.64. The average molecular weight is 369 g/mol. The van der Waals surface area contributed by atoms with Crippen molar-refractivity contribution in [2.45, 2.75) is 52.1 Å². The van der Waals surface area contributed by atoms with E-state index in [0.29, 0.717) is 12.3 Å². The van der Waals surface area contributed by atoms with Crippen LogP contribution in [0.3, 0.4) is 0 Å². The summed E-state index contributed by atoms with van der Waals surface area (Å²) in [6, 6.07) is 18.6. The van der Waals surface area contributed by atoms with Crippen LogP contribution in [0.15, 0.2) is 54.6 Å². The van der Waals surface area contributed by atoms with Crippen molar-refractivity contribution < 1.29 is 14.6 Å². The van der Waals surface area contributed by atoms with Gasteiger partial charge in [-0.1, -0.05) is 81.8 Å². The smallest absolute Gasteiger partial charge is 0.308 e. The Morgan fingerprint density at radius 3 is 2.30 bits per heavy atom. The third kappa shape index (κ3) is 4.98. The molecule has 0 amide bonds. The van der Waals surface area contributed by atoms with Crippen molar-refractivity contribution in [2.75, 3.05) is 7.11 Å². The lowest BCUT2D eigenvalue weighted by molar-refractivity contribution is -0.145. The molecule has 0 aliphatic rings. The van der Waals surface area contributed by atoms with Gasteiger partial charge in [0.15, 0.2) is 0 Å². The van der Waals surface area contributed by atoms with E-state index in [9.17, 15) is 9.90 Å². The van der Waals surface area contributed by atoms with E-state index in [1.54, 1.807) is 0 Å². The molecule has 0 aliphatic carbocycles. The van der Waals surface area contributed by atoms with E-state index in [1.165, 1.54) is 12.7 Å². The normalized spacial score (nSPS) is 15.6. The number of carbonyl (C=O) groups excluding carboxylic acids is 1. The van der Waals surface area contributed by atoms with Gasteiger partial charge in [-0.25, -0.2) is 0 Å². The molecule has 3 heteroatoms. The molecule has 2 rings (SSSR count). The Hall–Kier alpha value is -2.13. The second-order valence-electron chi connectivity index (χ2n) is 7.65. The molecular formula is C24H32O3. The molecule has 1 N–H and O–H groups in total. The minimum atomic E-state index is -0.310. The highest BCUT2D eigenvalue weighted by Crippen LogP contribution is 2.44. The zero-order chi connectivity index (χ0) is 19.9. The van der Waals surface area contributed by atoms with Crippen LogP contribution in [0.4, 0.5) is 0 Å². The number of esters is 1. The van der Waals surface area contributed by atoms with E-state index in [1.807, 2.05) is 25.1 Å². The summed E-state index contributed by atoms with van der Waals surface area (Å²) in [6.45, 7) is 6.41. The topological polar surface area (TPSA) is 46.5 Å². The maximum absolute atomic E-state index is 12.3. The lowest BCUT2D eigenvalue weighted by Gasteiger charge is -2.39. The van der Waals surface area contributed by atoms with Gasteiger partial charge >= 0.3 is 5.97 Å². The number of aliphatic hydroxyl groups excluding tert-OH is 1. The Labute approximate surface area is 163 Å². The van der Waals surface area contributed by atoms with E-state index in [4.69, 9.17) is 4.74 Å². The predicted octanol–water partition coefficient (Wildman–Crippen LogP) is 5.10. The van der Waals surface area contributed by atoms with Crippen molar-refractivity contribution in [1.29, 1.82) is 0 Å². The number of benzene rings is 2. The first-order valence-electron chi connectivity index (χ1n) is 9.80. The first kappa shape index (κ1) is 21.2. The first-order valence-corrected chi connectivity index (χ1v) is 9.80. The van der Waals surface area contributed by atoms with Gasteiger partial charge in [-0.2, -0.15) is 0 Å². The van der Waals surface area contributed by atoms with E-state index in [-0.39, 0.29) is 23.9 Å². The maximum atomic E-state index is 12.3. The van der Waals surface area contributed by atoms with Gasteiger partial charge in [0.2, 0.25) is 0 Å². The minimum Gasteiger partial charge on any atom is -0.469 e. The molecule has 146 valence electrons. The van der Waals surface area contributed by atoms with Gasteiger partial charge in [0.1, 0.15) is 0 Å². The van der Waals surface area contributed by atoms with Crippen molar-refractivity contribution in [3.8, 4) is 0 Å². The number of hydrogen-bond donors (Lipinski definition) is 1. The number of carbonyl (C=O) groups is 1. The lowest BCUT2D eigenvalue weighted by atomic mass is 9.64. The van der Waals surface area contributed by atoms with E-state index in [2.05, 4.69) is 50.2 Å². The molecule has 0 spiro atoms. The molecule has 3 nitrogen and oxygen atoms in total. The molecule has 27 heavy (non-hydrogen) atoms. The number of methoxy groups -OCH3 is 1. The summed E-state index contributed by atoms with van der Waals surface area (Å²) >= 11 is 0. The number of aliphatic hydroxyl groups is 1. The molecular weight excluding hydrogens is 336 g/mol. The quantitative estimate of drug-likeness (QED) is 0.626. The van der Waals surface area contributed by atoms with Crippen LogP contribution in [-0.2, 0) is 21.6 Å². The summed E-state index contributed by atoms with van der Waals surface area (Å²) in [5, 5.41) is 9.66. The van der Waals surface area contributed by atoms with Crippen LogP contribution in [0.2, 0.25) is 0 Å². The van der Waals surface area contributed by atoms with Crippen molar-refractivity contribution >= 4 is 5.97 Å². The molecule has 3 unspecified atom stereocenters. The fraction of sp³-hybridized carbons (Fsp3) is 0.458. The van der Waals surface area contributed by atoms with E-state index >= 15 is 0 Å². The van der Waals surface area contributed by atoms with Crippen LogP contribution in [-0.4, -0.2) is 18.2 Å². The lowest BCUT2D eigenvalue weighted by Crippen LogP contribution is -2.34. The summed E-state index contributed by atoms with van der Waals surface area (Å²) in [6.07, 6.45) is 2.67. The van der Waals surface area contributed by atoms with E-state index < -0.39 is 0 Å². The molecule has 0 bridgehead atoms. The Balaban J connectivity index is 2.65. The van der Waals surface area contributed by atoms with Gasteiger partial charge in [-0.05, 0) is 35.4 Å². The summed E-state index contributed by atoms with van der Waals surface area (Å²) < 4.78 is 5.03. The number of hydrogen-bond acceptors (Lipinski definition) is 3. The Morgan fingerprint density at radius 1 is 1.04 bits per heavy atom. The summed E-state index contributed by atoms with van der Waals surface area (Å²) in [5.41, 5.74) is 2.94. The SMILES string of the molecule is CCC(C)CC(CC(C)C(=O)OC)(c1ccccc1)c1cccc(CO)c1. The Morgan fingerprint density at radius 2 is 1.70 bits per heavy atom. The highest BCUT2D eigenvalue weighted by atomic mass is 16.5. The molecule has 0 fully saturated rings. The zero-order valence-electron chi connectivity index (χ0n) is 16.9. The molecule has 0 radical (unpaired) electrons. The molecule has 2 aromatic carbocycles. The van der Waals surface area contributed by atoms with Crippen LogP contribution < -0.4 is 0 Å². The largest absolute Gasteiger partial charge is 0.469 e. The van der Waals surface area contributed by atoms with Gasteiger partial charge in [0.05, 0.1) is 19.6 Å². The Kier molecular flexibility index (Phi) is 7.61. The van der Waals surface area contributed by atoms with Crippen LogP contribution in [0.1, 0.15) is 56.7 Å². The number of ether oxygens (including phenoxy) is 1. The van der Waals surface area contributed by atoms with Gasteiger partial charge in [0, 0.05) is 5.41 Å². The Bertz CT molecular complexity index is 725. The van der Waals surface area contributed by atoms with Crippen LogP contribution in [0, 0.1) is 11.8 Å². The fourth-order valence-corrected chi connectivity index (χ4v) is 3.99. The standard InChI is InChI=1S/C24H32O3/c1-5-18(2)15-24(16-19(3)23(26)27-4,21-11-7-6-8-12-21)22-13-9-10-20(14-22)17-25/h6-14,18-19,25H,5,15-17H2,1-4H3. The summed E-state index contributed by atoms with van der Waals surface area (Å²) in [4.78, 5) is 12.3. The molecule has 3 atom stereocenters. The minimum absolute atomic E-state index is 0.00853. The molecule has 0 heterocycles. The van der Waals surface area contributed by atoms with Crippen molar-refractivity contribution in [2.24, 2.45) is 11.8 Å². The monoisotopic (exact) mass is 368 g/mol. The molecule has 0 aromatic heterocycles. The van der Waals surface area contributed by atoms with Crippen molar-refractivity contribution in [3.63, 3.8) is 0 Å². The summed E-state index contributed by atoms with van der Waals surface area (Å²) in [7, 11) is 1.45. The fourth-order valence-electron chi connectivity index (χ4n) is 3.99. The predicted molar refractivity (Wildman–Crippen MR) is 109 cm³/mol. The second kappa shape index (κ2) is 9.70. The van der Waals surface area contributed by atoms with Crippen LogP contribution in [0.25, 0.3) is 0 Å². The zero-order valence-corrected chi connectivity index (χ0v) is 16.9. The van der Waals surface area contributed by atoms with E-state index in [0.717, 1.165) is 24.0 Å². The number of rotatable bonds is 9. The highest BCUT2D eigenvalue weighted by molar-refractivity contribution is 5.72. The molecule has 0 saturated heterocycles. The van der Waals surface area contributed by atoms with Gasteiger partial charge in [-0.15, -0.1) is 0 Å². The van der Waals surface area contributed by atoms with Gasteiger partial charge in [0.25, 0.3) is 0 Å². The van der Waals surface area contributed by atoms with Crippen LogP contribution in [0.5, 0.6) is 0 Å². The molecule has 2 aromatic rings. The maximum Gasteiger partial charge on any atom is 0.308 e. The van der Waals surface area contributed by atoms with Gasteiger partial charge in [-0.3, -0.25) is 4.79 Å². The average Bonchev–Trinajstić information content (AvgIpc) is 2.72. The second-order valence-corrected chi connectivity index (χ2v) is 7.65.